The van der Waals surface area contributed by atoms with E-state index in [2.05, 4.69) is 12.2 Å². The molecule has 1 aromatic rings. The Morgan fingerprint density at radius 1 is 1.21 bits per heavy atom. The number of benzene rings is 1. The number of amides is 2. The third-order valence-corrected chi connectivity index (χ3v) is 5.12. The zero-order valence-electron chi connectivity index (χ0n) is 16.9. The molecule has 0 radical (unpaired) electrons. The number of nitro benzene ring substituents is 1. The maximum absolute atomic E-state index is 12.5. The molecule has 1 aromatic carbocycles. The second-order valence-electron chi connectivity index (χ2n) is 7.32. The first-order chi connectivity index (χ1) is 13.3. The van der Waals surface area contributed by atoms with Gasteiger partial charge in [0.1, 0.15) is 5.69 Å². The number of carbonyl (C=O) groups is 2. The van der Waals surface area contributed by atoms with E-state index in [1.54, 1.807) is 17.0 Å². The van der Waals surface area contributed by atoms with E-state index in [4.69, 9.17) is 0 Å². The summed E-state index contributed by atoms with van der Waals surface area (Å²) in [5.74, 6) is -0.283. The molecule has 1 unspecified atom stereocenters. The Hall–Kier alpha value is -2.64. The zero-order valence-corrected chi connectivity index (χ0v) is 16.9. The van der Waals surface area contributed by atoms with E-state index in [1.165, 1.54) is 13.0 Å². The predicted molar refractivity (Wildman–Crippen MR) is 109 cm³/mol. The summed E-state index contributed by atoms with van der Waals surface area (Å²) >= 11 is 0. The molecule has 8 heteroatoms. The highest BCUT2D eigenvalue weighted by Crippen LogP contribution is 2.30. The molecule has 0 bridgehead atoms. The third kappa shape index (κ3) is 5.68. The van der Waals surface area contributed by atoms with E-state index in [0.29, 0.717) is 37.4 Å². The highest BCUT2D eigenvalue weighted by Gasteiger charge is 2.26. The van der Waals surface area contributed by atoms with Crippen molar-refractivity contribution < 1.29 is 14.5 Å². The van der Waals surface area contributed by atoms with E-state index >= 15 is 0 Å². The van der Waals surface area contributed by atoms with Crippen LogP contribution in [0.1, 0.15) is 56.8 Å². The van der Waals surface area contributed by atoms with Crippen LogP contribution in [0.25, 0.3) is 0 Å². The topological polar surface area (TPSA) is 95.8 Å². The maximum atomic E-state index is 12.5. The molecule has 1 aliphatic rings. The summed E-state index contributed by atoms with van der Waals surface area (Å²) in [4.78, 5) is 38.7. The molecule has 1 fully saturated rings. The molecule has 0 spiro atoms. The number of carbonyl (C=O) groups excluding carboxylic acids is 2. The SMILES string of the molecule is CCCCCC(C)NC(=O)c1ccc(N2CCN(C(C)=O)CC2)c([N+](=O)[O-])c1. The summed E-state index contributed by atoms with van der Waals surface area (Å²) in [6.45, 7) is 7.72. The van der Waals surface area contributed by atoms with Gasteiger partial charge in [0.05, 0.1) is 4.92 Å². The van der Waals surface area contributed by atoms with Crippen LogP contribution in [0.2, 0.25) is 0 Å². The Kier molecular flexibility index (Phi) is 7.78. The molecule has 1 N–H and O–H groups in total. The lowest BCUT2D eigenvalue weighted by Crippen LogP contribution is -2.48. The van der Waals surface area contributed by atoms with Crippen molar-refractivity contribution in [2.45, 2.75) is 52.5 Å². The van der Waals surface area contributed by atoms with Gasteiger partial charge in [-0.25, -0.2) is 0 Å². The number of piperazine rings is 1. The Labute approximate surface area is 166 Å². The molecule has 28 heavy (non-hydrogen) atoms. The fraction of sp³-hybridized carbons (Fsp3) is 0.600. The molecule has 1 atom stereocenters. The second-order valence-corrected chi connectivity index (χ2v) is 7.32. The summed E-state index contributed by atoms with van der Waals surface area (Å²) in [7, 11) is 0. The molecule has 2 rings (SSSR count). The fourth-order valence-corrected chi connectivity index (χ4v) is 3.42. The van der Waals surface area contributed by atoms with Gasteiger partial charge in [0, 0.05) is 50.8 Å². The lowest BCUT2D eigenvalue weighted by atomic mass is 10.1. The number of nitrogens with zero attached hydrogens (tertiary/aromatic N) is 3. The number of nitro groups is 1. The Balaban J connectivity index is 2.09. The molecule has 1 saturated heterocycles. The van der Waals surface area contributed by atoms with Crippen LogP contribution in [0.3, 0.4) is 0 Å². The van der Waals surface area contributed by atoms with Crippen molar-refractivity contribution in [3.05, 3.63) is 33.9 Å². The van der Waals surface area contributed by atoms with Crippen molar-refractivity contribution in [1.29, 1.82) is 0 Å². The van der Waals surface area contributed by atoms with Gasteiger partial charge in [0.25, 0.3) is 11.6 Å². The normalized spacial score (nSPS) is 15.2. The fourth-order valence-electron chi connectivity index (χ4n) is 3.42. The van der Waals surface area contributed by atoms with Crippen LogP contribution in [0.15, 0.2) is 18.2 Å². The van der Waals surface area contributed by atoms with E-state index in [0.717, 1.165) is 25.7 Å². The summed E-state index contributed by atoms with van der Waals surface area (Å²) in [6, 6.07) is 4.64. The molecule has 1 aliphatic heterocycles. The van der Waals surface area contributed by atoms with E-state index in [9.17, 15) is 19.7 Å². The van der Waals surface area contributed by atoms with Crippen LogP contribution >= 0.6 is 0 Å². The Bertz CT molecular complexity index is 714. The Morgan fingerprint density at radius 2 is 1.89 bits per heavy atom. The minimum absolute atomic E-state index is 0.00854. The van der Waals surface area contributed by atoms with Gasteiger partial charge in [-0.3, -0.25) is 19.7 Å². The van der Waals surface area contributed by atoms with Gasteiger partial charge in [0.2, 0.25) is 5.91 Å². The molecule has 0 aromatic heterocycles. The summed E-state index contributed by atoms with van der Waals surface area (Å²) in [5, 5.41) is 14.5. The predicted octanol–water partition coefficient (Wildman–Crippen LogP) is 2.96. The quantitative estimate of drug-likeness (QED) is 0.418. The maximum Gasteiger partial charge on any atom is 0.293 e. The van der Waals surface area contributed by atoms with Crippen molar-refractivity contribution in [3.63, 3.8) is 0 Å². The highest BCUT2D eigenvalue weighted by molar-refractivity contribution is 5.96. The van der Waals surface area contributed by atoms with Gasteiger partial charge in [-0.1, -0.05) is 26.2 Å². The first kappa shape index (κ1) is 21.7. The monoisotopic (exact) mass is 390 g/mol. The third-order valence-electron chi connectivity index (χ3n) is 5.12. The number of hydrogen-bond donors (Lipinski definition) is 1. The molecule has 1 heterocycles. The average Bonchev–Trinajstić information content (AvgIpc) is 2.67. The van der Waals surface area contributed by atoms with E-state index < -0.39 is 4.92 Å². The minimum atomic E-state index is -0.450. The van der Waals surface area contributed by atoms with E-state index in [1.807, 2.05) is 11.8 Å². The first-order valence-corrected chi connectivity index (χ1v) is 9.93. The highest BCUT2D eigenvalue weighted by atomic mass is 16.6. The summed E-state index contributed by atoms with van der Waals surface area (Å²) in [5.41, 5.74) is 0.698. The number of hydrogen-bond acceptors (Lipinski definition) is 5. The van der Waals surface area contributed by atoms with Crippen molar-refractivity contribution in [2.75, 3.05) is 31.1 Å². The van der Waals surface area contributed by atoms with Gasteiger partial charge in [0.15, 0.2) is 0 Å². The van der Waals surface area contributed by atoms with Crippen molar-refractivity contribution >= 4 is 23.2 Å². The number of anilines is 1. The largest absolute Gasteiger partial charge is 0.362 e. The first-order valence-electron chi connectivity index (χ1n) is 9.93. The molecular formula is C20H30N4O4. The van der Waals surface area contributed by atoms with Gasteiger partial charge >= 0.3 is 0 Å². The lowest BCUT2D eigenvalue weighted by molar-refractivity contribution is -0.384. The molecular weight excluding hydrogens is 360 g/mol. The molecule has 0 aliphatic carbocycles. The number of nitrogens with one attached hydrogen (secondary N) is 1. The molecule has 0 saturated carbocycles. The van der Waals surface area contributed by atoms with Crippen LogP contribution < -0.4 is 10.2 Å². The van der Waals surface area contributed by atoms with Gasteiger partial charge < -0.3 is 15.1 Å². The second kappa shape index (κ2) is 10.1. The van der Waals surface area contributed by atoms with Crippen LogP contribution in [-0.4, -0.2) is 53.9 Å². The molecule has 8 nitrogen and oxygen atoms in total. The lowest BCUT2D eigenvalue weighted by Gasteiger charge is -2.35. The standard InChI is InChI=1S/C20H30N4O4/c1-4-5-6-7-15(2)21-20(26)17-8-9-18(19(14-17)24(27)28)23-12-10-22(11-13-23)16(3)25/h8-9,14-15H,4-7,10-13H2,1-3H3,(H,21,26). The van der Waals surface area contributed by atoms with Gasteiger partial charge in [-0.2, -0.15) is 0 Å². The summed E-state index contributed by atoms with van der Waals surface area (Å²) < 4.78 is 0. The number of unbranched alkanes of at least 4 members (excludes halogenated alkanes) is 2. The minimum Gasteiger partial charge on any atom is -0.362 e. The zero-order chi connectivity index (χ0) is 20.7. The van der Waals surface area contributed by atoms with Crippen LogP contribution in [0.5, 0.6) is 0 Å². The molecule has 2 amide bonds. The summed E-state index contributed by atoms with van der Waals surface area (Å²) in [6.07, 6.45) is 4.18. The smallest absolute Gasteiger partial charge is 0.293 e. The van der Waals surface area contributed by atoms with Crippen LogP contribution in [0, 0.1) is 10.1 Å². The van der Waals surface area contributed by atoms with Crippen molar-refractivity contribution in [3.8, 4) is 0 Å². The Morgan fingerprint density at radius 3 is 2.46 bits per heavy atom. The van der Waals surface area contributed by atoms with Gasteiger partial charge in [-0.05, 0) is 25.5 Å². The number of rotatable bonds is 8. The van der Waals surface area contributed by atoms with Gasteiger partial charge in [-0.15, -0.1) is 0 Å². The van der Waals surface area contributed by atoms with Crippen LogP contribution in [0.4, 0.5) is 11.4 Å². The van der Waals surface area contributed by atoms with Crippen LogP contribution in [-0.2, 0) is 4.79 Å². The van der Waals surface area contributed by atoms with Crippen molar-refractivity contribution in [2.24, 2.45) is 0 Å². The van der Waals surface area contributed by atoms with E-state index in [-0.39, 0.29) is 23.5 Å². The molecule has 154 valence electrons. The average molecular weight is 390 g/mol. The van der Waals surface area contributed by atoms with Crippen molar-refractivity contribution in [1.82, 2.24) is 10.2 Å².